The van der Waals surface area contributed by atoms with E-state index in [9.17, 15) is 9.90 Å². The molecule has 0 radical (unpaired) electrons. The van der Waals surface area contributed by atoms with E-state index in [2.05, 4.69) is 0 Å². The van der Waals surface area contributed by atoms with E-state index in [4.69, 9.17) is 4.74 Å². The molecule has 4 aliphatic rings. The van der Waals surface area contributed by atoms with Crippen molar-refractivity contribution in [3.8, 4) is 0 Å². The van der Waals surface area contributed by atoms with Crippen LogP contribution in [0, 0.1) is 17.3 Å². The fraction of sp³-hybridized carbons (Fsp3) is 0.917. The van der Waals surface area contributed by atoms with Gasteiger partial charge in [-0.1, -0.05) is 0 Å². The van der Waals surface area contributed by atoms with E-state index >= 15 is 0 Å². The van der Waals surface area contributed by atoms with Crippen LogP contribution >= 0.6 is 0 Å². The summed E-state index contributed by atoms with van der Waals surface area (Å²) in [7, 11) is 0. The Bertz CT molecular complexity index is 314. The standard InChI is InChI=1S/C12H18O3/c1-2-15-11-4-8-3-9(6-11)12(5-8,7-11)10(13)14/h8-9H,2-7H2,1H3,(H,13,14). The molecule has 4 unspecified atom stereocenters. The molecule has 0 aliphatic heterocycles. The lowest BCUT2D eigenvalue weighted by Crippen LogP contribution is -2.40. The van der Waals surface area contributed by atoms with Gasteiger partial charge in [0.25, 0.3) is 0 Å². The van der Waals surface area contributed by atoms with Crippen molar-refractivity contribution in [1.82, 2.24) is 0 Å². The van der Waals surface area contributed by atoms with Gasteiger partial charge in [0.2, 0.25) is 0 Å². The van der Waals surface area contributed by atoms with Crippen molar-refractivity contribution >= 4 is 5.97 Å². The molecule has 0 aromatic heterocycles. The van der Waals surface area contributed by atoms with Crippen molar-refractivity contribution in [2.24, 2.45) is 17.3 Å². The van der Waals surface area contributed by atoms with Crippen molar-refractivity contribution in [3.63, 3.8) is 0 Å². The highest BCUT2D eigenvalue weighted by Gasteiger charge is 2.67. The molecule has 4 atom stereocenters. The van der Waals surface area contributed by atoms with Gasteiger partial charge in [0.05, 0.1) is 11.0 Å². The number of ether oxygens (including phenoxy) is 1. The minimum Gasteiger partial charge on any atom is -0.481 e. The average Bonchev–Trinajstić information content (AvgIpc) is 2.51. The Balaban J connectivity index is 1.94. The zero-order valence-electron chi connectivity index (χ0n) is 9.16. The monoisotopic (exact) mass is 210 g/mol. The minimum absolute atomic E-state index is 0.0705. The van der Waals surface area contributed by atoms with Gasteiger partial charge in [-0.3, -0.25) is 4.79 Å². The van der Waals surface area contributed by atoms with E-state index in [0.717, 1.165) is 38.7 Å². The third kappa shape index (κ3) is 1.07. The summed E-state index contributed by atoms with van der Waals surface area (Å²) in [6.45, 7) is 2.73. The van der Waals surface area contributed by atoms with E-state index < -0.39 is 11.4 Å². The molecule has 4 fully saturated rings. The topological polar surface area (TPSA) is 46.5 Å². The number of carbonyl (C=O) groups is 1. The smallest absolute Gasteiger partial charge is 0.310 e. The maximum atomic E-state index is 11.5. The quantitative estimate of drug-likeness (QED) is 0.775. The summed E-state index contributed by atoms with van der Waals surface area (Å²) in [6, 6.07) is 0. The molecule has 0 spiro atoms. The predicted molar refractivity (Wildman–Crippen MR) is 54.5 cm³/mol. The minimum atomic E-state index is -0.573. The molecule has 4 aliphatic carbocycles. The Hall–Kier alpha value is -0.570. The van der Waals surface area contributed by atoms with Crippen LogP contribution in [0.1, 0.15) is 39.0 Å². The van der Waals surface area contributed by atoms with Gasteiger partial charge in [-0.2, -0.15) is 0 Å². The highest BCUT2D eigenvalue weighted by atomic mass is 16.5. The molecule has 0 aromatic rings. The van der Waals surface area contributed by atoms with Crippen LogP contribution in [-0.4, -0.2) is 23.3 Å². The third-order valence-electron chi connectivity index (χ3n) is 4.85. The van der Waals surface area contributed by atoms with Crippen LogP contribution in [0.2, 0.25) is 0 Å². The first-order chi connectivity index (χ1) is 7.10. The van der Waals surface area contributed by atoms with Crippen molar-refractivity contribution < 1.29 is 14.6 Å². The van der Waals surface area contributed by atoms with Crippen LogP contribution in [0.5, 0.6) is 0 Å². The van der Waals surface area contributed by atoms with Gasteiger partial charge in [-0.25, -0.2) is 0 Å². The number of rotatable bonds is 3. The number of hydrogen-bond donors (Lipinski definition) is 1. The second kappa shape index (κ2) is 2.76. The van der Waals surface area contributed by atoms with Gasteiger partial charge in [-0.05, 0) is 50.9 Å². The van der Waals surface area contributed by atoms with Crippen molar-refractivity contribution in [2.75, 3.05) is 6.61 Å². The highest BCUT2D eigenvalue weighted by Crippen LogP contribution is 2.67. The van der Waals surface area contributed by atoms with E-state index in [1.807, 2.05) is 6.92 Å². The summed E-state index contributed by atoms with van der Waals surface area (Å²) < 4.78 is 5.87. The SMILES string of the molecule is CCOC12CC3CC(C1)C(C(=O)O)(C3)C2. The molecule has 4 rings (SSSR count). The molecule has 1 N–H and O–H groups in total. The van der Waals surface area contributed by atoms with Gasteiger partial charge in [0.1, 0.15) is 0 Å². The summed E-state index contributed by atoms with van der Waals surface area (Å²) in [5, 5.41) is 9.44. The summed E-state index contributed by atoms with van der Waals surface area (Å²) in [5.74, 6) is 0.428. The Kier molecular flexibility index (Phi) is 1.77. The summed E-state index contributed by atoms with van der Waals surface area (Å²) >= 11 is 0. The summed E-state index contributed by atoms with van der Waals surface area (Å²) in [4.78, 5) is 11.5. The highest BCUT2D eigenvalue weighted by molar-refractivity contribution is 5.77. The maximum Gasteiger partial charge on any atom is 0.310 e. The van der Waals surface area contributed by atoms with Crippen molar-refractivity contribution in [2.45, 2.75) is 44.6 Å². The van der Waals surface area contributed by atoms with Gasteiger partial charge in [-0.15, -0.1) is 0 Å². The lowest BCUT2D eigenvalue weighted by Gasteiger charge is -2.39. The number of hydrogen-bond acceptors (Lipinski definition) is 2. The molecular weight excluding hydrogens is 192 g/mol. The second-order valence-corrected chi connectivity index (χ2v) is 5.67. The molecule has 0 saturated heterocycles. The molecule has 3 nitrogen and oxygen atoms in total. The van der Waals surface area contributed by atoms with Crippen LogP contribution < -0.4 is 0 Å². The number of aliphatic carboxylic acids is 1. The second-order valence-electron chi connectivity index (χ2n) is 5.67. The number of carboxylic acids is 1. The van der Waals surface area contributed by atoms with Gasteiger partial charge < -0.3 is 9.84 Å². The zero-order chi connectivity index (χ0) is 10.7. The van der Waals surface area contributed by atoms with E-state index in [-0.39, 0.29) is 5.60 Å². The fourth-order valence-electron chi connectivity index (χ4n) is 4.63. The Labute approximate surface area is 89.8 Å². The Morgan fingerprint density at radius 2 is 2.27 bits per heavy atom. The predicted octanol–water partition coefficient (Wildman–Crippen LogP) is 2.06. The number of carboxylic acid groups (broad SMARTS) is 1. The van der Waals surface area contributed by atoms with Crippen LogP contribution in [0.15, 0.2) is 0 Å². The Morgan fingerprint density at radius 1 is 1.47 bits per heavy atom. The van der Waals surface area contributed by atoms with Crippen molar-refractivity contribution in [1.29, 1.82) is 0 Å². The van der Waals surface area contributed by atoms with E-state index in [1.54, 1.807) is 0 Å². The normalized spacial score (nSPS) is 51.3. The van der Waals surface area contributed by atoms with Crippen LogP contribution in [0.4, 0.5) is 0 Å². The van der Waals surface area contributed by atoms with Gasteiger partial charge in [0, 0.05) is 6.61 Å². The maximum absolute atomic E-state index is 11.5. The lowest BCUT2D eigenvalue weighted by molar-refractivity contribution is -0.154. The average molecular weight is 210 g/mol. The first-order valence-corrected chi connectivity index (χ1v) is 5.98. The molecule has 0 amide bonds. The van der Waals surface area contributed by atoms with Gasteiger partial charge >= 0.3 is 5.97 Å². The lowest BCUT2D eigenvalue weighted by atomic mass is 9.73. The van der Waals surface area contributed by atoms with Gasteiger partial charge in [0.15, 0.2) is 0 Å². The first kappa shape index (κ1) is 9.64. The fourth-order valence-corrected chi connectivity index (χ4v) is 4.63. The Morgan fingerprint density at radius 3 is 2.87 bits per heavy atom. The third-order valence-corrected chi connectivity index (χ3v) is 4.85. The summed E-state index contributed by atoms with van der Waals surface area (Å²) in [5.41, 5.74) is -0.489. The first-order valence-electron chi connectivity index (χ1n) is 5.98. The molecule has 3 heteroatoms. The molecule has 15 heavy (non-hydrogen) atoms. The molecule has 0 heterocycles. The van der Waals surface area contributed by atoms with Crippen LogP contribution in [-0.2, 0) is 9.53 Å². The van der Waals surface area contributed by atoms with E-state index in [1.165, 1.54) is 0 Å². The van der Waals surface area contributed by atoms with Crippen LogP contribution in [0.25, 0.3) is 0 Å². The molecular formula is C12H18O3. The zero-order valence-corrected chi connectivity index (χ0v) is 9.16. The molecule has 4 saturated carbocycles. The molecule has 4 bridgehead atoms. The molecule has 0 aromatic carbocycles. The molecule has 84 valence electrons. The largest absolute Gasteiger partial charge is 0.481 e. The van der Waals surface area contributed by atoms with Crippen molar-refractivity contribution in [3.05, 3.63) is 0 Å². The summed E-state index contributed by atoms with van der Waals surface area (Å²) in [6.07, 6.45) is 4.89. The van der Waals surface area contributed by atoms with E-state index in [0.29, 0.717) is 11.8 Å². The van der Waals surface area contributed by atoms with Crippen LogP contribution in [0.3, 0.4) is 0 Å².